The van der Waals surface area contributed by atoms with Gasteiger partial charge in [-0.05, 0) is 31.4 Å². The van der Waals surface area contributed by atoms with Gasteiger partial charge in [0.15, 0.2) is 0 Å². The van der Waals surface area contributed by atoms with Crippen LogP contribution in [0.15, 0.2) is 12.1 Å². The van der Waals surface area contributed by atoms with Gasteiger partial charge in [0.1, 0.15) is 5.69 Å². The maximum Gasteiger partial charge on any atom is 0.267 e. The molecule has 0 saturated heterocycles. The van der Waals surface area contributed by atoms with Crippen LogP contribution in [0.25, 0.3) is 0 Å². The van der Waals surface area contributed by atoms with Crippen LogP contribution in [0.2, 0.25) is 0 Å². The lowest BCUT2D eigenvalue weighted by Gasteiger charge is -2.28. The first-order valence-electron chi connectivity index (χ1n) is 7.14. The molecule has 1 aromatic rings. The highest BCUT2D eigenvalue weighted by Gasteiger charge is 2.34. The maximum absolute atomic E-state index is 12.1. The molecule has 1 saturated carbocycles. The van der Waals surface area contributed by atoms with Crippen molar-refractivity contribution in [3.05, 3.63) is 23.5 Å². The summed E-state index contributed by atoms with van der Waals surface area (Å²) in [6, 6.07) is 3.82. The third-order valence-electron chi connectivity index (χ3n) is 4.11. The molecule has 0 spiro atoms. The second-order valence-corrected chi connectivity index (χ2v) is 5.57. The zero-order valence-electron chi connectivity index (χ0n) is 11.9. The monoisotopic (exact) mass is 264 g/mol. The van der Waals surface area contributed by atoms with Crippen LogP contribution in [0.5, 0.6) is 0 Å². The molecule has 2 rings (SSSR count). The molecular formula is C15H24N2O2. The second kappa shape index (κ2) is 6.24. The Balaban J connectivity index is 1.91. The topological polar surface area (TPSA) is 54.1 Å². The lowest BCUT2D eigenvalue weighted by molar-refractivity contribution is 0.0738. The van der Waals surface area contributed by atoms with E-state index >= 15 is 0 Å². The number of H-pyrrole nitrogens is 1. The molecule has 1 aliphatic rings. The summed E-state index contributed by atoms with van der Waals surface area (Å²) in [6.45, 7) is 3.51. The molecule has 0 bridgehead atoms. The van der Waals surface area contributed by atoms with E-state index in [1.165, 1.54) is 12.8 Å². The molecule has 4 nitrogen and oxygen atoms in total. The van der Waals surface area contributed by atoms with E-state index in [9.17, 15) is 4.79 Å². The van der Waals surface area contributed by atoms with E-state index in [1.54, 1.807) is 7.11 Å². The van der Waals surface area contributed by atoms with Gasteiger partial charge in [0.2, 0.25) is 0 Å². The number of ether oxygens (including phenoxy) is 1. The minimum absolute atomic E-state index is 0.0120. The number of carbonyl (C=O) groups excluding carboxylic acids is 1. The summed E-state index contributed by atoms with van der Waals surface area (Å²) in [4.78, 5) is 15.2. The van der Waals surface area contributed by atoms with E-state index in [-0.39, 0.29) is 11.3 Å². The maximum atomic E-state index is 12.1. The van der Waals surface area contributed by atoms with Crippen molar-refractivity contribution in [2.45, 2.75) is 39.0 Å². The number of hydrogen-bond donors (Lipinski definition) is 2. The fraction of sp³-hybridized carbons (Fsp3) is 0.667. The van der Waals surface area contributed by atoms with Crippen LogP contribution in [-0.4, -0.2) is 31.2 Å². The van der Waals surface area contributed by atoms with E-state index in [1.807, 2.05) is 12.1 Å². The highest BCUT2D eigenvalue weighted by atomic mass is 16.5. The van der Waals surface area contributed by atoms with E-state index < -0.39 is 0 Å². The van der Waals surface area contributed by atoms with Crippen molar-refractivity contribution in [3.8, 4) is 0 Å². The van der Waals surface area contributed by atoms with Crippen molar-refractivity contribution in [1.29, 1.82) is 0 Å². The smallest absolute Gasteiger partial charge is 0.267 e. The van der Waals surface area contributed by atoms with Crippen LogP contribution in [0, 0.1) is 5.41 Å². The molecule has 1 aromatic heterocycles. The van der Waals surface area contributed by atoms with Crippen LogP contribution in [-0.2, 0) is 11.2 Å². The first-order chi connectivity index (χ1) is 9.19. The molecule has 1 aliphatic carbocycles. The van der Waals surface area contributed by atoms with Crippen LogP contribution >= 0.6 is 0 Å². The fourth-order valence-corrected chi connectivity index (χ4v) is 2.95. The Bertz CT molecular complexity index is 420. The van der Waals surface area contributed by atoms with E-state index in [0.717, 1.165) is 31.6 Å². The average molecular weight is 264 g/mol. The Hall–Kier alpha value is -1.29. The van der Waals surface area contributed by atoms with Gasteiger partial charge in [0.25, 0.3) is 5.91 Å². The molecule has 4 heteroatoms. The lowest BCUT2D eigenvalue weighted by Crippen LogP contribution is -2.38. The molecule has 0 aliphatic heterocycles. The minimum atomic E-state index is -0.0120. The molecule has 1 amide bonds. The van der Waals surface area contributed by atoms with Crippen molar-refractivity contribution in [2.24, 2.45) is 5.41 Å². The zero-order valence-corrected chi connectivity index (χ0v) is 11.9. The Kier molecular flexibility index (Phi) is 4.64. The fourth-order valence-electron chi connectivity index (χ4n) is 2.95. The highest BCUT2D eigenvalue weighted by molar-refractivity contribution is 5.92. The van der Waals surface area contributed by atoms with Crippen LogP contribution in [0.3, 0.4) is 0 Å². The SMILES string of the molecule is CCc1ccc(C(=O)NCC2(COC)CCCC2)[nH]1. The van der Waals surface area contributed by atoms with Gasteiger partial charge in [-0.3, -0.25) is 4.79 Å². The average Bonchev–Trinajstić information content (AvgIpc) is 3.06. The summed E-state index contributed by atoms with van der Waals surface area (Å²) in [5.41, 5.74) is 1.89. The third kappa shape index (κ3) is 3.38. The van der Waals surface area contributed by atoms with Crippen LogP contribution in [0.4, 0.5) is 0 Å². The lowest BCUT2D eigenvalue weighted by atomic mass is 9.87. The molecule has 106 valence electrons. The first kappa shape index (κ1) is 14.1. The number of aryl methyl sites for hydroxylation is 1. The van der Waals surface area contributed by atoms with Crippen molar-refractivity contribution < 1.29 is 9.53 Å². The van der Waals surface area contributed by atoms with Crippen molar-refractivity contribution in [2.75, 3.05) is 20.3 Å². The van der Waals surface area contributed by atoms with Gasteiger partial charge in [-0.15, -0.1) is 0 Å². The minimum Gasteiger partial charge on any atom is -0.384 e. The quantitative estimate of drug-likeness (QED) is 0.829. The number of aromatic amines is 1. The van der Waals surface area contributed by atoms with E-state index in [4.69, 9.17) is 4.74 Å². The Morgan fingerprint density at radius 2 is 2.16 bits per heavy atom. The van der Waals surface area contributed by atoms with E-state index in [2.05, 4.69) is 17.2 Å². The zero-order chi connectivity index (χ0) is 13.7. The summed E-state index contributed by atoms with van der Waals surface area (Å²) in [5.74, 6) is -0.0120. The molecule has 0 atom stereocenters. The van der Waals surface area contributed by atoms with Gasteiger partial charge in [0, 0.05) is 24.8 Å². The molecule has 0 aromatic carbocycles. The number of rotatable bonds is 6. The number of methoxy groups -OCH3 is 1. The number of hydrogen-bond acceptors (Lipinski definition) is 2. The van der Waals surface area contributed by atoms with Gasteiger partial charge < -0.3 is 15.0 Å². The molecule has 1 fully saturated rings. The van der Waals surface area contributed by atoms with Crippen LogP contribution < -0.4 is 5.32 Å². The summed E-state index contributed by atoms with van der Waals surface area (Å²) in [7, 11) is 1.74. The molecule has 2 N–H and O–H groups in total. The standard InChI is InChI=1S/C15H24N2O2/c1-3-12-6-7-13(17-12)14(18)16-10-15(11-19-2)8-4-5-9-15/h6-7,17H,3-5,8-11H2,1-2H3,(H,16,18). The Morgan fingerprint density at radius 3 is 2.74 bits per heavy atom. The summed E-state index contributed by atoms with van der Waals surface area (Å²) in [6.07, 6.45) is 5.68. The van der Waals surface area contributed by atoms with Gasteiger partial charge in [0.05, 0.1) is 6.61 Å². The predicted octanol–water partition coefficient (Wildman–Crippen LogP) is 2.51. The molecule has 1 heterocycles. The highest BCUT2D eigenvalue weighted by Crippen LogP contribution is 2.37. The number of aromatic nitrogens is 1. The summed E-state index contributed by atoms with van der Waals surface area (Å²) >= 11 is 0. The first-order valence-corrected chi connectivity index (χ1v) is 7.14. The Labute approximate surface area is 114 Å². The molecule has 19 heavy (non-hydrogen) atoms. The number of carbonyl (C=O) groups is 1. The predicted molar refractivity (Wildman–Crippen MR) is 75.3 cm³/mol. The van der Waals surface area contributed by atoms with Gasteiger partial charge in [-0.2, -0.15) is 0 Å². The van der Waals surface area contributed by atoms with E-state index in [0.29, 0.717) is 12.2 Å². The van der Waals surface area contributed by atoms with Gasteiger partial charge in [-0.25, -0.2) is 0 Å². The molecule has 0 unspecified atom stereocenters. The Morgan fingerprint density at radius 1 is 1.42 bits per heavy atom. The van der Waals surface area contributed by atoms with Crippen LogP contribution in [0.1, 0.15) is 48.8 Å². The molecular weight excluding hydrogens is 240 g/mol. The van der Waals surface area contributed by atoms with Gasteiger partial charge >= 0.3 is 0 Å². The largest absolute Gasteiger partial charge is 0.384 e. The summed E-state index contributed by atoms with van der Waals surface area (Å²) < 4.78 is 5.33. The summed E-state index contributed by atoms with van der Waals surface area (Å²) in [5, 5.41) is 3.05. The third-order valence-corrected chi connectivity index (χ3v) is 4.11. The van der Waals surface area contributed by atoms with Gasteiger partial charge in [-0.1, -0.05) is 19.8 Å². The molecule has 0 radical (unpaired) electrons. The van der Waals surface area contributed by atoms with Crippen molar-refractivity contribution >= 4 is 5.91 Å². The second-order valence-electron chi connectivity index (χ2n) is 5.57. The van der Waals surface area contributed by atoms with Crippen molar-refractivity contribution in [1.82, 2.24) is 10.3 Å². The number of nitrogens with one attached hydrogen (secondary N) is 2. The normalized spacial score (nSPS) is 17.6. The van der Waals surface area contributed by atoms with Crippen molar-refractivity contribution in [3.63, 3.8) is 0 Å². The number of amides is 1.